The molecule has 0 radical (unpaired) electrons. The van der Waals surface area contributed by atoms with Crippen LogP contribution < -0.4 is 0 Å². The van der Waals surface area contributed by atoms with E-state index in [4.69, 9.17) is 34.8 Å². The summed E-state index contributed by atoms with van der Waals surface area (Å²) in [6.07, 6.45) is -0.871. The molecule has 0 aliphatic heterocycles. The Balaban J connectivity index is 2.28. The Hall–Kier alpha value is -0.320. The van der Waals surface area contributed by atoms with E-state index >= 15 is 0 Å². The molecule has 1 nitrogen and oxygen atoms in total. The van der Waals surface area contributed by atoms with Crippen LogP contribution in [0.15, 0.2) is 34.8 Å². The predicted octanol–water partition coefficient (Wildman–Crippen LogP) is 5.82. The molecular weight excluding hydrogens is 389 g/mol. The Bertz CT molecular complexity index is 649. The number of hydrogen-bond acceptors (Lipinski definition) is 1. The van der Waals surface area contributed by atoms with Crippen molar-refractivity contribution in [3.05, 3.63) is 66.8 Å². The van der Waals surface area contributed by atoms with Crippen LogP contribution in [-0.4, -0.2) is 5.11 Å². The topological polar surface area (TPSA) is 20.2 Å². The van der Waals surface area contributed by atoms with Gasteiger partial charge in [-0.2, -0.15) is 0 Å². The minimum Gasteiger partial charge on any atom is -0.388 e. The second-order valence-electron chi connectivity index (χ2n) is 4.22. The maximum atomic E-state index is 14.0. The fourth-order valence-corrected chi connectivity index (χ4v) is 2.77. The fraction of sp³-hybridized carbons (Fsp3) is 0.143. The number of hydrogen-bond donors (Lipinski definition) is 1. The highest BCUT2D eigenvalue weighted by molar-refractivity contribution is 9.10. The highest BCUT2D eigenvalue weighted by Crippen LogP contribution is 2.32. The number of rotatable bonds is 3. The second-order valence-corrected chi connectivity index (χ2v) is 6.30. The van der Waals surface area contributed by atoms with Gasteiger partial charge in [-0.25, -0.2) is 4.39 Å². The summed E-state index contributed by atoms with van der Waals surface area (Å²) in [4.78, 5) is 0. The summed E-state index contributed by atoms with van der Waals surface area (Å²) in [6.45, 7) is 0. The third kappa shape index (κ3) is 3.46. The van der Waals surface area contributed by atoms with Crippen molar-refractivity contribution in [2.75, 3.05) is 0 Å². The van der Waals surface area contributed by atoms with Crippen LogP contribution in [0.4, 0.5) is 4.39 Å². The molecule has 0 heterocycles. The molecule has 106 valence electrons. The van der Waals surface area contributed by atoms with Crippen LogP contribution in [0.2, 0.25) is 15.1 Å². The molecular formula is C14H9BrCl3FO. The Labute approximate surface area is 139 Å². The molecule has 1 atom stereocenters. The van der Waals surface area contributed by atoms with E-state index in [0.717, 1.165) is 0 Å². The van der Waals surface area contributed by atoms with Crippen LogP contribution in [0.1, 0.15) is 17.2 Å². The fourth-order valence-electron chi connectivity index (χ4n) is 1.80. The third-order valence-corrected chi connectivity index (χ3v) is 4.70. The zero-order valence-electron chi connectivity index (χ0n) is 10.0. The summed E-state index contributed by atoms with van der Waals surface area (Å²) in [6, 6.07) is 8.02. The van der Waals surface area contributed by atoms with Crippen LogP contribution in [0, 0.1) is 5.82 Å². The molecule has 2 rings (SSSR count). The zero-order valence-corrected chi connectivity index (χ0v) is 13.9. The molecule has 0 saturated carbocycles. The van der Waals surface area contributed by atoms with E-state index in [1.807, 2.05) is 0 Å². The lowest BCUT2D eigenvalue weighted by atomic mass is 10.0. The molecule has 1 unspecified atom stereocenters. The molecule has 0 saturated heterocycles. The van der Waals surface area contributed by atoms with E-state index in [0.29, 0.717) is 20.1 Å². The molecule has 2 aromatic carbocycles. The molecule has 1 N–H and O–H groups in total. The lowest BCUT2D eigenvalue weighted by Crippen LogP contribution is -2.05. The summed E-state index contributed by atoms with van der Waals surface area (Å²) < 4.78 is 14.4. The Morgan fingerprint density at radius 1 is 1.15 bits per heavy atom. The van der Waals surface area contributed by atoms with Crippen molar-refractivity contribution in [3.63, 3.8) is 0 Å². The normalized spacial score (nSPS) is 12.5. The van der Waals surface area contributed by atoms with Crippen LogP contribution in [0.25, 0.3) is 0 Å². The number of benzene rings is 2. The summed E-state index contributed by atoms with van der Waals surface area (Å²) in [5, 5.41) is 11.0. The molecule has 0 amide bonds. The molecule has 0 bridgehead atoms. The molecule has 0 aliphatic rings. The van der Waals surface area contributed by atoms with E-state index in [1.54, 1.807) is 24.3 Å². The van der Waals surface area contributed by atoms with Crippen LogP contribution >= 0.6 is 50.7 Å². The van der Waals surface area contributed by atoms with E-state index in [1.165, 1.54) is 6.07 Å². The summed E-state index contributed by atoms with van der Waals surface area (Å²) >= 11 is 20.8. The first-order valence-corrected chi connectivity index (χ1v) is 7.58. The van der Waals surface area contributed by atoms with Gasteiger partial charge in [0.1, 0.15) is 5.82 Å². The average molecular weight is 398 g/mol. The van der Waals surface area contributed by atoms with Crippen molar-refractivity contribution in [2.45, 2.75) is 12.5 Å². The van der Waals surface area contributed by atoms with E-state index in [2.05, 4.69) is 15.9 Å². The summed E-state index contributed by atoms with van der Waals surface area (Å²) in [5.74, 6) is -0.640. The molecule has 0 aromatic heterocycles. The lowest BCUT2D eigenvalue weighted by molar-refractivity contribution is 0.173. The van der Waals surface area contributed by atoms with E-state index in [-0.39, 0.29) is 17.0 Å². The largest absolute Gasteiger partial charge is 0.388 e. The first-order valence-electron chi connectivity index (χ1n) is 5.65. The van der Waals surface area contributed by atoms with Gasteiger partial charge in [0, 0.05) is 26.5 Å². The van der Waals surface area contributed by atoms with Crippen molar-refractivity contribution in [3.8, 4) is 0 Å². The third-order valence-electron chi connectivity index (χ3n) is 2.85. The van der Waals surface area contributed by atoms with E-state index < -0.39 is 11.9 Å². The molecule has 0 aliphatic carbocycles. The Morgan fingerprint density at radius 2 is 1.85 bits per heavy atom. The van der Waals surface area contributed by atoms with E-state index in [9.17, 15) is 9.50 Å². The second kappa shape index (κ2) is 6.63. The molecule has 0 fully saturated rings. The first kappa shape index (κ1) is 16.1. The van der Waals surface area contributed by atoms with Gasteiger partial charge in [0.05, 0.1) is 11.1 Å². The Morgan fingerprint density at radius 3 is 2.50 bits per heavy atom. The standard InChI is InChI=1S/C14H9BrCl3FO/c15-10-4-3-9(14(19)13(10)18)12(20)5-7-1-2-8(16)6-11(7)17/h1-4,6,12,20H,5H2. The predicted molar refractivity (Wildman–Crippen MR) is 84.2 cm³/mol. The quantitative estimate of drug-likeness (QED) is 0.646. The molecule has 2 aromatic rings. The minimum absolute atomic E-state index is 0.0521. The lowest BCUT2D eigenvalue weighted by Gasteiger charge is -2.14. The first-order chi connectivity index (χ1) is 9.40. The van der Waals surface area contributed by atoms with Gasteiger partial charge in [-0.05, 0) is 39.7 Å². The van der Waals surface area contributed by atoms with Gasteiger partial charge >= 0.3 is 0 Å². The SMILES string of the molecule is OC(Cc1ccc(Cl)cc1Cl)c1ccc(Br)c(Cl)c1F. The highest BCUT2D eigenvalue weighted by atomic mass is 79.9. The number of halogens is 5. The molecule has 20 heavy (non-hydrogen) atoms. The smallest absolute Gasteiger partial charge is 0.148 e. The van der Waals surface area contributed by atoms with Gasteiger partial charge in [-0.15, -0.1) is 0 Å². The van der Waals surface area contributed by atoms with Crippen molar-refractivity contribution < 1.29 is 9.50 Å². The monoisotopic (exact) mass is 396 g/mol. The van der Waals surface area contributed by atoms with Crippen molar-refractivity contribution in [2.24, 2.45) is 0 Å². The zero-order chi connectivity index (χ0) is 14.9. The van der Waals surface area contributed by atoms with Gasteiger partial charge in [0.2, 0.25) is 0 Å². The van der Waals surface area contributed by atoms with Gasteiger partial charge in [-0.3, -0.25) is 0 Å². The van der Waals surface area contributed by atoms with Crippen LogP contribution in [0.3, 0.4) is 0 Å². The van der Waals surface area contributed by atoms with Crippen molar-refractivity contribution in [1.29, 1.82) is 0 Å². The highest BCUT2D eigenvalue weighted by Gasteiger charge is 2.18. The van der Waals surface area contributed by atoms with Gasteiger partial charge in [-0.1, -0.05) is 46.9 Å². The van der Waals surface area contributed by atoms with Gasteiger partial charge < -0.3 is 5.11 Å². The number of aliphatic hydroxyl groups excluding tert-OH is 1. The Kier molecular flexibility index (Phi) is 5.32. The van der Waals surface area contributed by atoms with Crippen molar-refractivity contribution in [1.82, 2.24) is 0 Å². The van der Waals surface area contributed by atoms with Gasteiger partial charge in [0.15, 0.2) is 0 Å². The number of aliphatic hydroxyl groups is 1. The van der Waals surface area contributed by atoms with Crippen molar-refractivity contribution >= 4 is 50.7 Å². The van der Waals surface area contributed by atoms with Crippen LogP contribution in [-0.2, 0) is 6.42 Å². The van der Waals surface area contributed by atoms with Gasteiger partial charge in [0.25, 0.3) is 0 Å². The maximum absolute atomic E-state index is 14.0. The molecule has 6 heteroatoms. The average Bonchev–Trinajstić information content (AvgIpc) is 2.39. The van der Waals surface area contributed by atoms with Crippen LogP contribution in [0.5, 0.6) is 0 Å². The summed E-state index contributed by atoms with van der Waals surface area (Å²) in [7, 11) is 0. The summed E-state index contributed by atoms with van der Waals surface area (Å²) in [5.41, 5.74) is 0.811. The minimum atomic E-state index is -1.04. The molecule has 0 spiro atoms. The maximum Gasteiger partial charge on any atom is 0.148 e.